The molecule has 7 nitrogen and oxygen atoms in total. The van der Waals surface area contributed by atoms with E-state index in [4.69, 9.17) is 4.74 Å². The fourth-order valence-corrected chi connectivity index (χ4v) is 12.2. The van der Waals surface area contributed by atoms with Crippen LogP contribution in [0.2, 0.25) is 0 Å². The molecule has 48 heavy (non-hydrogen) atoms. The van der Waals surface area contributed by atoms with Crippen LogP contribution in [-0.4, -0.2) is 73.5 Å². The molecule has 2 N–H and O–H groups in total. The molecular weight excluding hydrogens is 623 g/mol. The zero-order valence-electron chi connectivity index (χ0n) is 28.8. The summed E-state index contributed by atoms with van der Waals surface area (Å²) >= 11 is 0. The molecule has 6 aliphatic rings. The van der Waals surface area contributed by atoms with Crippen LogP contribution in [0.5, 0.6) is 0 Å². The van der Waals surface area contributed by atoms with Gasteiger partial charge in [0.2, 0.25) is 10.0 Å². The minimum atomic E-state index is -3.58. The molecule has 8 unspecified atom stereocenters. The van der Waals surface area contributed by atoms with Crippen molar-refractivity contribution in [3.05, 3.63) is 84.0 Å². The van der Waals surface area contributed by atoms with Gasteiger partial charge in [-0.25, -0.2) is 8.42 Å². The lowest BCUT2D eigenvalue weighted by Crippen LogP contribution is -2.67. The average Bonchev–Trinajstić information content (AvgIpc) is 3.34. The van der Waals surface area contributed by atoms with Crippen molar-refractivity contribution in [3.8, 4) is 11.1 Å². The first-order valence-corrected chi connectivity index (χ1v) is 19.6. The standard InChI is InChI=1S/C40H51NO6S/c1-36-18-15-29(42)25-38(36)21-22-40(32(26-38)35(43)31-14-9-8-13-30(31)28-11-6-5-7-12-28)33(36)16-19-37(2)34(40)17-20-39(37,44)27-41(48(4,45)46)23-10-24-47-3/h5-9,11-14,21-22,26,29,33-34,42,44H,10,15-20,23-25,27H2,1-4H3. The lowest BCUT2D eigenvalue weighted by atomic mass is 9.32. The summed E-state index contributed by atoms with van der Waals surface area (Å²) in [4.78, 5) is 15.3. The van der Waals surface area contributed by atoms with Gasteiger partial charge in [-0.05, 0) is 79.7 Å². The number of fused-ring (bicyclic) bond motifs is 1. The largest absolute Gasteiger partial charge is 0.393 e. The number of hydrogen-bond donors (Lipinski definition) is 2. The molecule has 0 aromatic heterocycles. The first kappa shape index (κ1) is 33.9. The van der Waals surface area contributed by atoms with Crippen molar-refractivity contribution >= 4 is 15.8 Å². The average molecular weight is 674 g/mol. The number of ketones is 1. The SMILES string of the molecule is COCCCN(CC1(O)CCC2C34C=CC5(C=C3C(=O)c3ccccc3-c3ccccc3)CC(O)CCC5(C)C4CCC21C)S(C)(=O)=O. The molecule has 0 aliphatic heterocycles. The molecule has 0 radical (unpaired) electrons. The molecular formula is C40H51NO6S. The van der Waals surface area contributed by atoms with Crippen LogP contribution >= 0.6 is 0 Å². The zero-order chi connectivity index (χ0) is 34.2. The van der Waals surface area contributed by atoms with E-state index in [1.165, 1.54) is 10.6 Å². The van der Waals surface area contributed by atoms with Crippen LogP contribution in [0, 0.1) is 33.5 Å². The summed E-state index contributed by atoms with van der Waals surface area (Å²) in [6.07, 6.45) is 13.2. The molecule has 2 spiro atoms. The van der Waals surface area contributed by atoms with Crippen molar-refractivity contribution in [2.45, 2.75) is 76.9 Å². The van der Waals surface area contributed by atoms with Gasteiger partial charge in [0.1, 0.15) is 0 Å². The van der Waals surface area contributed by atoms with E-state index in [0.29, 0.717) is 37.9 Å². The van der Waals surface area contributed by atoms with Gasteiger partial charge in [-0.3, -0.25) is 4.79 Å². The molecule has 2 aromatic rings. The van der Waals surface area contributed by atoms with E-state index in [1.807, 2.05) is 54.6 Å². The number of carbonyl (C=O) groups excluding carboxylic acids is 1. The van der Waals surface area contributed by atoms with Gasteiger partial charge in [-0.1, -0.05) is 86.7 Å². The van der Waals surface area contributed by atoms with E-state index in [2.05, 4.69) is 32.1 Å². The summed E-state index contributed by atoms with van der Waals surface area (Å²) in [7, 11) is -1.98. The molecule has 6 aliphatic carbocycles. The van der Waals surface area contributed by atoms with Crippen molar-refractivity contribution in [3.63, 3.8) is 0 Å². The van der Waals surface area contributed by atoms with E-state index in [1.54, 1.807) is 7.11 Å². The molecule has 0 heterocycles. The van der Waals surface area contributed by atoms with Gasteiger partial charge in [0, 0.05) is 54.2 Å². The maximum absolute atomic E-state index is 15.3. The molecule has 2 aromatic carbocycles. The van der Waals surface area contributed by atoms with E-state index in [-0.39, 0.29) is 36.1 Å². The van der Waals surface area contributed by atoms with Crippen molar-refractivity contribution in [1.82, 2.24) is 4.31 Å². The van der Waals surface area contributed by atoms with Gasteiger partial charge in [-0.15, -0.1) is 0 Å². The quantitative estimate of drug-likeness (QED) is 0.171. The van der Waals surface area contributed by atoms with Crippen molar-refractivity contribution in [1.29, 1.82) is 0 Å². The Morgan fingerprint density at radius 1 is 0.938 bits per heavy atom. The van der Waals surface area contributed by atoms with Crippen LogP contribution in [0.15, 0.2) is 78.4 Å². The first-order valence-electron chi connectivity index (χ1n) is 17.7. The minimum Gasteiger partial charge on any atom is -0.393 e. The number of nitrogens with zero attached hydrogens (tertiary/aromatic N) is 1. The number of benzene rings is 2. The summed E-state index contributed by atoms with van der Waals surface area (Å²) in [5.74, 6) is 0.109. The summed E-state index contributed by atoms with van der Waals surface area (Å²) in [6.45, 7) is 5.29. The second-order valence-corrected chi connectivity index (χ2v) is 18.0. The molecule has 3 fully saturated rings. The first-order chi connectivity index (χ1) is 22.7. The highest BCUT2D eigenvalue weighted by atomic mass is 32.2. The Balaban J connectivity index is 1.36. The van der Waals surface area contributed by atoms with E-state index < -0.39 is 38.0 Å². The zero-order valence-corrected chi connectivity index (χ0v) is 29.6. The van der Waals surface area contributed by atoms with E-state index >= 15 is 4.79 Å². The number of Topliss-reactive ketones (excluding diaryl/α,β-unsaturated/α-hetero) is 1. The smallest absolute Gasteiger partial charge is 0.211 e. The molecule has 8 atom stereocenters. The summed E-state index contributed by atoms with van der Waals surface area (Å²) < 4.78 is 32.7. The Kier molecular flexibility index (Phi) is 8.27. The Bertz CT molecular complexity index is 1760. The molecule has 8 heteroatoms. The third-order valence-electron chi connectivity index (χ3n) is 13.9. The third-order valence-corrected chi connectivity index (χ3v) is 15.1. The van der Waals surface area contributed by atoms with Crippen LogP contribution in [0.3, 0.4) is 0 Å². The summed E-state index contributed by atoms with van der Waals surface area (Å²) in [5.41, 5.74) is 0.264. The third kappa shape index (κ3) is 4.80. The van der Waals surface area contributed by atoms with Crippen molar-refractivity contribution in [2.75, 3.05) is 33.1 Å². The second kappa shape index (κ2) is 11.7. The number of hydrogen-bond acceptors (Lipinski definition) is 6. The van der Waals surface area contributed by atoms with Gasteiger partial charge in [-0.2, -0.15) is 4.31 Å². The van der Waals surface area contributed by atoms with Crippen LogP contribution in [0.1, 0.15) is 75.6 Å². The number of sulfonamides is 1. The predicted octanol–water partition coefficient (Wildman–Crippen LogP) is 6.43. The van der Waals surface area contributed by atoms with Gasteiger partial charge >= 0.3 is 0 Å². The normalized spacial score (nSPS) is 38.3. The molecule has 0 amide bonds. The highest BCUT2D eigenvalue weighted by Crippen LogP contribution is 2.78. The number of ether oxygens (including phenoxy) is 1. The van der Waals surface area contributed by atoms with Crippen LogP contribution in [0.25, 0.3) is 11.1 Å². The Morgan fingerprint density at radius 2 is 1.60 bits per heavy atom. The Hall–Kier alpha value is -2.62. The Morgan fingerprint density at radius 3 is 2.33 bits per heavy atom. The molecule has 8 rings (SSSR count). The van der Waals surface area contributed by atoms with Gasteiger partial charge in [0.15, 0.2) is 5.78 Å². The van der Waals surface area contributed by atoms with Gasteiger partial charge < -0.3 is 14.9 Å². The minimum absolute atomic E-state index is 0.0160. The fourth-order valence-electron chi connectivity index (χ4n) is 11.3. The van der Waals surface area contributed by atoms with Crippen LogP contribution < -0.4 is 0 Å². The number of allylic oxidation sites excluding steroid dienone is 4. The summed E-state index contributed by atoms with van der Waals surface area (Å²) in [5, 5.41) is 23.8. The van der Waals surface area contributed by atoms with Gasteiger partial charge in [0.05, 0.1) is 18.0 Å². The second-order valence-electron chi connectivity index (χ2n) is 16.0. The van der Waals surface area contributed by atoms with E-state index in [9.17, 15) is 18.6 Å². The van der Waals surface area contributed by atoms with Crippen LogP contribution in [0.4, 0.5) is 0 Å². The Labute approximate surface area is 286 Å². The lowest BCUT2D eigenvalue weighted by Gasteiger charge is -2.71. The number of aliphatic hydroxyl groups is 2. The monoisotopic (exact) mass is 673 g/mol. The molecule has 3 saturated carbocycles. The summed E-state index contributed by atoms with van der Waals surface area (Å²) in [6, 6.07) is 17.9. The number of rotatable bonds is 10. The van der Waals surface area contributed by atoms with Gasteiger partial charge in [0.25, 0.3) is 0 Å². The lowest BCUT2D eigenvalue weighted by molar-refractivity contribution is -0.173. The number of aliphatic hydroxyl groups excluding tert-OH is 1. The number of carbonyl (C=O) groups is 1. The highest BCUT2D eigenvalue weighted by molar-refractivity contribution is 7.88. The molecule has 2 bridgehead atoms. The predicted molar refractivity (Wildman–Crippen MR) is 188 cm³/mol. The van der Waals surface area contributed by atoms with Crippen molar-refractivity contribution in [2.24, 2.45) is 33.5 Å². The highest BCUT2D eigenvalue weighted by Gasteiger charge is 2.74. The number of methoxy groups -OCH3 is 1. The topological polar surface area (TPSA) is 104 Å². The van der Waals surface area contributed by atoms with E-state index in [0.717, 1.165) is 42.4 Å². The fraction of sp³-hybridized carbons (Fsp3) is 0.575. The van der Waals surface area contributed by atoms with Crippen molar-refractivity contribution < 1.29 is 28.2 Å². The molecule has 0 saturated heterocycles. The molecule has 258 valence electrons. The van der Waals surface area contributed by atoms with Crippen LogP contribution in [-0.2, 0) is 14.8 Å². The maximum Gasteiger partial charge on any atom is 0.211 e. The maximum atomic E-state index is 15.3.